The van der Waals surface area contributed by atoms with Crippen molar-refractivity contribution in [2.45, 2.75) is 31.6 Å². The van der Waals surface area contributed by atoms with Crippen LogP contribution in [0.3, 0.4) is 0 Å². The highest BCUT2D eigenvalue weighted by Gasteiger charge is 2.22. The Morgan fingerprint density at radius 1 is 1.05 bits per heavy atom. The lowest BCUT2D eigenvalue weighted by atomic mass is 10.1. The zero-order chi connectivity index (χ0) is 15.7. The van der Waals surface area contributed by atoms with Gasteiger partial charge in [-0.05, 0) is 43.2 Å². The number of aromatic nitrogens is 2. The van der Waals surface area contributed by atoms with Gasteiger partial charge in [-0.15, -0.1) is 0 Å². The second kappa shape index (κ2) is 5.57. The standard InChI is InChI=1S/C17H18N2O2S/c1-3-6-14-9-11-15(12-10-14)22(20,21)19-13(2)18-16-7-4-5-8-17(16)19/h4-5,7-12H,3,6H2,1-2H3. The van der Waals surface area contributed by atoms with Crippen molar-refractivity contribution in [3.8, 4) is 0 Å². The van der Waals surface area contributed by atoms with Crippen molar-refractivity contribution in [1.29, 1.82) is 0 Å². The molecule has 1 aromatic heterocycles. The van der Waals surface area contributed by atoms with Crippen LogP contribution in [0.5, 0.6) is 0 Å². The molecule has 0 saturated heterocycles. The Bertz CT molecular complexity index is 909. The molecule has 114 valence electrons. The molecule has 0 aliphatic heterocycles. The summed E-state index contributed by atoms with van der Waals surface area (Å²) in [7, 11) is -3.63. The van der Waals surface area contributed by atoms with Crippen LogP contribution >= 0.6 is 0 Å². The van der Waals surface area contributed by atoms with Crippen LogP contribution in [-0.4, -0.2) is 17.4 Å². The number of hydrogen-bond donors (Lipinski definition) is 0. The van der Waals surface area contributed by atoms with E-state index in [9.17, 15) is 8.42 Å². The largest absolute Gasteiger partial charge is 0.269 e. The molecule has 22 heavy (non-hydrogen) atoms. The normalized spacial score (nSPS) is 11.9. The van der Waals surface area contributed by atoms with E-state index in [0.29, 0.717) is 21.8 Å². The number of nitrogens with zero attached hydrogens (tertiary/aromatic N) is 2. The predicted octanol–water partition coefficient (Wildman–Crippen LogP) is 3.53. The van der Waals surface area contributed by atoms with E-state index < -0.39 is 10.0 Å². The summed E-state index contributed by atoms with van der Waals surface area (Å²) in [6, 6.07) is 14.4. The maximum atomic E-state index is 12.9. The molecule has 0 N–H and O–H groups in total. The number of para-hydroxylation sites is 2. The van der Waals surface area contributed by atoms with Crippen molar-refractivity contribution >= 4 is 21.1 Å². The van der Waals surface area contributed by atoms with Crippen LogP contribution in [0.2, 0.25) is 0 Å². The minimum absolute atomic E-state index is 0.290. The van der Waals surface area contributed by atoms with Gasteiger partial charge < -0.3 is 0 Å². The molecule has 0 atom stereocenters. The second-order valence-corrected chi connectivity index (χ2v) is 7.10. The van der Waals surface area contributed by atoms with E-state index >= 15 is 0 Å². The van der Waals surface area contributed by atoms with Crippen LogP contribution in [0.15, 0.2) is 53.4 Å². The number of aryl methyl sites for hydroxylation is 2. The van der Waals surface area contributed by atoms with Crippen LogP contribution in [0.1, 0.15) is 24.7 Å². The van der Waals surface area contributed by atoms with Crippen LogP contribution < -0.4 is 0 Å². The van der Waals surface area contributed by atoms with Gasteiger partial charge in [-0.25, -0.2) is 17.4 Å². The third-order valence-electron chi connectivity index (χ3n) is 3.68. The first-order valence-electron chi connectivity index (χ1n) is 7.32. The number of hydrogen-bond acceptors (Lipinski definition) is 3. The highest BCUT2D eigenvalue weighted by atomic mass is 32.2. The highest BCUT2D eigenvalue weighted by molar-refractivity contribution is 7.90. The first-order valence-corrected chi connectivity index (χ1v) is 8.76. The molecule has 2 aromatic carbocycles. The van der Waals surface area contributed by atoms with Gasteiger partial charge in [0, 0.05) is 0 Å². The molecule has 5 heteroatoms. The molecule has 3 rings (SSSR count). The van der Waals surface area contributed by atoms with Gasteiger partial charge in [-0.1, -0.05) is 37.6 Å². The second-order valence-electron chi connectivity index (χ2n) is 5.31. The van der Waals surface area contributed by atoms with Gasteiger partial charge in [-0.3, -0.25) is 0 Å². The Kier molecular flexibility index (Phi) is 3.74. The summed E-state index contributed by atoms with van der Waals surface area (Å²) in [5.74, 6) is 0.471. The summed E-state index contributed by atoms with van der Waals surface area (Å²) < 4.78 is 27.2. The van der Waals surface area contributed by atoms with Gasteiger partial charge in [0.05, 0.1) is 15.9 Å². The number of rotatable bonds is 4. The zero-order valence-corrected chi connectivity index (χ0v) is 13.5. The van der Waals surface area contributed by atoms with Gasteiger partial charge in [0.25, 0.3) is 10.0 Å². The maximum Gasteiger partial charge on any atom is 0.269 e. The van der Waals surface area contributed by atoms with Crippen LogP contribution in [0, 0.1) is 6.92 Å². The average molecular weight is 314 g/mol. The molecule has 0 aliphatic carbocycles. The molecule has 0 bridgehead atoms. The number of imidazole rings is 1. The average Bonchev–Trinajstić information content (AvgIpc) is 2.84. The Hall–Kier alpha value is -2.14. The lowest BCUT2D eigenvalue weighted by Gasteiger charge is -2.09. The molecule has 4 nitrogen and oxygen atoms in total. The minimum Gasteiger partial charge on any atom is -0.232 e. The monoisotopic (exact) mass is 314 g/mol. The van der Waals surface area contributed by atoms with E-state index in [0.717, 1.165) is 18.4 Å². The Morgan fingerprint density at radius 3 is 2.41 bits per heavy atom. The van der Waals surface area contributed by atoms with E-state index in [1.165, 1.54) is 3.97 Å². The van der Waals surface area contributed by atoms with Crippen LogP contribution in [-0.2, 0) is 16.4 Å². The first kappa shape index (κ1) is 14.8. The third-order valence-corrected chi connectivity index (χ3v) is 5.49. The Morgan fingerprint density at radius 2 is 1.73 bits per heavy atom. The van der Waals surface area contributed by atoms with Crippen molar-refractivity contribution in [3.63, 3.8) is 0 Å². The van der Waals surface area contributed by atoms with Gasteiger partial charge in [-0.2, -0.15) is 0 Å². The number of fused-ring (bicyclic) bond motifs is 1. The van der Waals surface area contributed by atoms with Crippen molar-refractivity contribution in [1.82, 2.24) is 8.96 Å². The molecular weight excluding hydrogens is 296 g/mol. The van der Waals surface area contributed by atoms with Crippen LogP contribution in [0.25, 0.3) is 11.0 Å². The van der Waals surface area contributed by atoms with Gasteiger partial charge >= 0.3 is 0 Å². The maximum absolute atomic E-state index is 12.9. The smallest absolute Gasteiger partial charge is 0.232 e. The lowest BCUT2D eigenvalue weighted by Crippen LogP contribution is -2.14. The summed E-state index contributed by atoms with van der Waals surface area (Å²) in [5, 5.41) is 0. The first-order chi connectivity index (χ1) is 10.5. The zero-order valence-electron chi connectivity index (χ0n) is 12.7. The fourth-order valence-electron chi connectivity index (χ4n) is 2.65. The summed E-state index contributed by atoms with van der Waals surface area (Å²) in [6.07, 6.45) is 1.99. The molecule has 0 unspecified atom stereocenters. The lowest BCUT2D eigenvalue weighted by molar-refractivity contribution is 0.587. The Balaban J connectivity index is 2.14. The van der Waals surface area contributed by atoms with Gasteiger partial charge in [0.2, 0.25) is 0 Å². The molecule has 0 amide bonds. The van der Waals surface area contributed by atoms with E-state index in [2.05, 4.69) is 11.9 Å². The molecule has 0 aliphatic rings. The Labute approximate surface area is 130 Å². The number of benzene rings is 2. The summed E-state index contributed by atoms with van der Waals surface area (Å²) >= 11 is 0. The van der Waals surface area contributed by atoms with E-state index in [-0.39, 0.29) is 0 Å². The van der Waals surface area contributed by atoms with Crippen LogP contribution in [0.4, 0.5) is 0 Å². The summed E-state index contributed by atoms with van der Waals surface area (Å²) in [5.41, 5.74) is 2.44. The molecule has 1 heterocycles. The van der Waals surface area contributed by atoms with Crippen molar-refractivity contribution in [2.24, 2.45) is 0 Å². The molecule has 0 radical (unpaired) electrons. The summed E-state index contributed by atoms with van der Waals surface area (Å²) in [6.45, 7) is 3.81. The molecular formula is C17H18N2O2S. The van der Waals surface area contributed by atoms with Crippen molar-refractivity contribution in [2.75, 3.05) is 0 Å². The SMILES string of the molecule is CCCc1ccc(S(=O)(=O)n2c(C)nc3ccccc32)cc1. The van der Waals surface area contributed by atoms with Gasteiger partial charge in [0.1, 0.15) is 5.82 Å². The van der Waals surface area contributed by atoms with E-state index in [1.807, 2.05) is 30.3 Å². The van der Waals surface area contributed by atoms with Gasteiger partial charge in [0.15, 0.2) is 0 Å². The molecule has 3 aromatic rings. The molecule has 0 fully saturated rings. The minimum atomic E-state index is -3.63. The molecule has 0 saturated carbocycles. The fraction of sp³-hybridized carbons (Fsp3) is 0.235. The third kappa shape index (κ3) is 2.41. The van der Waals surface area contributed by atoms with E-state index in [4.69, 9.17) is 0 Å². The van der Waals surface area contributed by atoms with Crippen molar-refractivity contribution < 1.29 is 8.42 Å². The predicted molar refractivity (Wildman–Crippen MR) is 87.5 cm³/mol. The fourth-order valence-corrected chi connectivity index (χ4v) is 4.14. The summed E-state index contributed by atoms with van der Waals surface area (Å²) in [4.78, 5) is 4.63. The molecule has 0 spiro atoms. The topological polar surface area (TPSA) is 52.0 Å². The quantitative estimate of drug-likeness (QED) is 0.740. The van der Waals surface area contributed by atoms with E-state index in [1.54, 1.807) is 25.1 Å². The highest BCUT2D eigenvalue weighted by Crippen LogP contribution is 2.23. The van der Waals surface area contributed by atoms with Crippen molar-refractivity contribution in [3.05, 3.63) is 59.9 Å².